The number of ether oxygens (including phenoxy) is 2. The van der Waals surface area contributed by atoms with Gasteiger partial charge in [0.05, 0.1) is 13.0 Å². The van der Waals surface area contributed by atoms with Gasteiger partial charge in [-0.25, -0.2) is 0 Å². The van der Waals surface area contributed by atoms with Crippen LogP contribution in [0.25, 0.3) is 0 Å². The summed E-state index contributed by atoms with van der Waals surface area (Å²) in [7, 11) is 1.40. The highest BCUT2D eigenvalue weighted by Crippen LogP contribution is 2.32. The number of methoxy groups -OCH3 is 1. The number of esters is 1. The Morgan fingerprint density at radius 3 is 2.65 bits per heavy atom. The minimum absolute atomic E-state index is 0.0387. The van der Waals surface area contributed by atoms with Gasteiger partial charge in [-0.3, -0.25) is 14.9 Å². The number of hydrogen-bond acceptors (Lipinski definition) is 6. The minimum atomic E-state index is -0.539. The van der Waals surface area contributed by atoms with E-state index in [0.717, 1.165) is 0 Å². The van der Waals surface area contributed by atoms with E-state index >= 15 is 0 Å². The third-order valence-corrected chi connectivity index (χ3v) is 2.66. The first-order chi connectivity index (χ1) is 9.47. The molecular formula is C13H15NO6. The normalized spacial score (nSPS) is 11.5. The van der Waals surface area contributed by atoms with Crippen molar-refractivity contribution in [3.05, 3.63) is 33.9 Å². The molecule has 0 saturated heterocycles. The molecule has 0 unspecified atom stereocenters. The summed E-state index contributed by atoms with van der Waals surface area (Å²) in [5, 5.41) is 10.6. The number of rotatable bonds is 7. The zero-order valence-electron chi connectivity index (χ0n) is 11.2. The Morgan fingerprint density at radius 2 is 2.15 bits per heavy atom. The summed E-state index contributed by atoms with van der Waals surface area (Å²) in [6.45, 7) is 0.907. The zero-order valence-corrected chi connectivity index (χ0v) is 11.2. The van der Waals surface area contributed by atoms with Crippen molar-refractivity contribution in [1.82, 2.24) is 0 Å². The van der Waals surface area contributed by atoms with Crippen LogP contribution in [0.15, 0.2) is 18.2 Å². The fourth-order valence-electron chi connectivity index (χ4n) is 1.79. The van der Waals surface area contributed by atoms with Crippen molar-refractivity contribution in [1.29, 1.82) is 0 Å². The van der Waals surface area contributed by atoms with Gasteiger partial charge in [0.25, 0.3) is 0 Å². The molecule has 0 amide bonds. The molecule has 1 atom stereocenters. The van der Waals surface area contributed by atoms with Crippen molar-refractivity contribution in [2.75, 3.05) is 13.7 Å². The number of nitro groups is 1. The molecule has 7 heteroatoms. The van der Waals surface area contributed by atoms with Crippen LogP contribution in [0.2, 0.25) is 0 Å². The molecule has 0 aliphatic rings. The van der Waals surface area contributed by atoms with Crippen LogP contribution in [0.4, 0.5) is 0 Å². The first-order valence-corrected chi connectivity index (χ1v) is 5.89. The Morgan fingerprint density at radius 1 is 1.45 bits per heavy atom. The van der Waals surface area contributed by atoms with Gasteiger partial charge >= 0.3 is 5.97 Å². The lowest BCUT2D eigenvalue weighted by molar-refractivity contribution is -0.483. The molecule has 0 aliphatic heterocycles. The maximum absolute atomic E-state index is 10.9. The lowest BCUT2D eigenvalue weighted by Crippen LogP contribution is -2.13. The van der Waals surface area contributed by atoms with Crippen LogP contribution in [0.3, 0.4) is 0 Å². The van der Waals surface area contributed by atoms with Gasteiger partial charge in [-0.2, -0.15) is 0 Å². The highest BCUT2D eigenvalue weighted by Gasteiger charge is 2.19. The van der Waals surface area contributed by atoms with Gasteiger partial charge in [0.2, 0.25) is 6.54 Å². The fourth-order valence-corrected chi connectivity index (χ4v) is 1.79. The highest BCUT2D eigenvalue weighted by atomic mass is 16.6. The van der Waals surface area contributed by atoms with Crippen LogP contribution in [0, 0.1) is 10.1 Å². The number of carbonyl (C=O) groups excluding carboxylic acids is 2. The number of carbonyl (C=O) groups is 2. The maximum atomic E-state index is 10.9. The van der Waals surface area contributed by atoms with Crippen molar-refractivity contribution in [2.45, 2.75) is 19.3 Å². The largest absolute Gasteiger partial charge is 0.493 e. The molecule has 1 rings (SSSR count). The van der Waals surface area contributed by atoms with E-state index in [1.165, 1.54) is 26.2 Å². The molecule has 20 heavy (non-hydrogen) atoms. The smallest absolute Gasteiger partial charge is 0.308 e. The van der Waals surface area contributed by atoms with Crippen molar-refractivity contribution in [3.8, 4) is 11.5 Å². The highest BCUT2D eigenvalue weighted by molar-refractivity contribution is 5.70. The molecule has 0 aliphatic carbocycles. The topological polar surface area (TPSA) is 95.7 Å². The van der Waals surface area contributed by atoms with Gasteiger partial charge in [-0.1, -0.05) is 6.07 Å². The molecule has 0 N–H and O–H groups in total. The molecule has 0 fully saturated rings. The molecular weight excluding hydrogens is 266 g/mol. The zero-order chi connectivity index (χ0) is 15.1. The molecule has 1 aromatic rings. The summed E-state index contributed by atoms with van der Waals surface area (Å²) < 4.78 is 10.0. The van der Waals surface area contributed by atoms with Gasteiger partial charge in [-0.05, 0) is 17.7 Å². The van der Waals surface area contributed by atoms with E-state index in [1.807, 2.05) is 0 Å². The third kappa shape index (κ3) is 4.34. The van der Waals surface area contributed by atoms with Crippen LogP contribution >= 0.6 is 0 Å². The average molecular weight is 281 g/mol. The van der Waals surface area contributed by atoms with E-state index in [4.69, 9.17) is 9.47 Å². The molecule has 108 valence electrons. The second-order valence-electron chi connectivity index (χ2n) is 4.12. The Bertz CT molecular complexity index is 514. The predicted molar refractivity (Wildman–Crippen MR) is 69.6 cm³/mol. The van der Waals surface area contributed by atoms with E-state index in [9.17, 15) is 19.7 Å². The van der Waals surface area contributed by atoms with Crippen molar-refractivity contribution >= 4 is 12.3 Å². The van der Waals surface area contributed by atoms with Crippen LogP contribution in [0.1, 0.15) is 24.8 Å². The summed E-state index contributed by atoms with van der Waals surface area (Å²) >= 11 is 0. The molecule has 0 heterocycles. The standard InChI is InChI=1S/C13H15NO6/c1-9(16)20-12-4-3-10(7-13(12)19-2)11(5-6-15)8-14(17)18/h3-4,6-7,11H,5,8H2,1-2H3/t11-/m1/s1. The summed E-state index contributed by atoms with van der Waals surface area (Å²) in [5.41, 5.74) is 0.585. The van der Waals surface area contributed by atoms with E-state index in [2.05, 4.69) is 0 Å². The number of nitrogens with zero attached hydrogens (tertiary/aromatic N) is 1. The monoisotopic (exact) mass is 281 g/mol. The molecule has 1 aromatic carbocycles. The summed E-state index contributed by atoms with van der Waals surface area (Å²) in [6, 6.07) is 4.61. The van der Waals surface area contributed by atoms with Gasteiger partial charge in [-0.15, -0.1) is 0 Å². The third-order valence-electron chi connectivity index (χ3n) is 2.66. The van der Waals surface area contributed by atoms with Gasteiger partial charge in [0.15, 0.2) is 11.5 Å². The molecule has 0 saturated carbocycles. The van der Waals surface area contributed by atoms with Crippen LogP contribution in [-0.4, -0.2) is 30.8 Å². The molecule has 0 bridgehead atoms. The lowest BCUT2D eigenvalue weighted by atomic mass is 9.96. The Balaban J connectivity index is 3.07. The number of benzene rings is 1. The van der Waals surface area contributed by atoms with Crippen LogP contribution in [-0.2, 0) is 9.59 Å². The summed E-state index contributed by atoms with van der Waals surface area (Å²) in [5.74, 6) is -0.514. The molecule has 0 aromatic heterocycles. The fraction of sp³-hybridized carbons (Fsp3) is 0.385. The Kier molecular flexibility index (Phi) is 5.64. The SMILES string of the molecule is COc1cc([C@H](CC=O)C[N+](=O)[O-])ccc1OC(C)=O. The van der Waals surface area contributed by atoms with E-state index < -0.39 is 16.8 Å². The number of hydrogen-bond donors (Lipinski definition) is 0. The first kappa shape index (κ1) is 15.6. The molecule has 7 nitrogen and oxygen atoms in total. The van der Waals surface area contributed by atoms with E-state index in [-0.39, 0.29) is 24.5 Å². The van der Waals surface area contributed by atoms with Crippen molar-refractivity contribution in [2.24, 2.45) is 0 Å². The van der Waals surface area contributed by atoms with Gasteiger partial charge in [0, 0.05) is 18.3 Å². The quantitative estimate of drug-likeness (QED) is 0.247. The first-order valence-electron chi connectivity index (χ1n) is 5.89. The van der Waals surface area contributed by atoms with Crippen molar-refractivity contribution in [3.63, 3.8) is 0 Å². The summed E-state index contributed by atoms with van der Waals surface area (Å²) in [4.78, 5) is 31.7. The second kappa shape index (κ2) is 7.22. The maximum Gasteiger partial charge on any atom is 0.308 e. The van der Waals surface area contributed by atoms with Crippen molar-refractivity contribution < 1.29 is 24.0 Å². The van der Waals surface area contributed by atoms with Crippen LogP contribution < -0.4 is 9.47 Å². The van der Waals surface area contributed by atoms with E-state index in [1.54, 1.807) is 6.07 Å². The number of aldehydes is 1. The van der Waals surface area contributed by atoms with E-state index in [0.29, 0.717) is 11.8 Å². The summed E-state index contributed by atoms with van der Waals surface area (Å²) in [6.07, 6.45) is 0.678. The van der Waals surface area contributed by atoms with Crippen LogP contribution in [0.5, 0.6) is 11.5 Å². The lowest BCUT2D eigenvalue weighted by Gasteiger charge is -2.14. The minimum Gasteiger partial charge on any atom is -0.493 e. The van der Waals surface area contributed by atoms with Gasteiger partial charge in [0.1, 0.15) is 6.29 Å². The van der Waals surface area contributed by atoms with Gasteiger partial charge < -0.3 is 14.3 Å². The predicted octanol–water partition coefficient (Wildman–Crippen LogP) is 1.57. The molecule has 0 radical (unpaired) electrons. The Labute approximate surface area is 115 Å². The second-order valence-corrected chi connectivity index (χ2v) is 4.12. The average Bonchev–Trinajstić information content (AvgIpc) is 2.37. The Hall–Kier alpha value is -2.44. The molecule has 0 spiro atoms.